The zero-order chi connectivity index (χ0) is 20.4. The normalized spacial score (nSPS) is 15.7. The average molecular weight is 406 g/mol. The summed E-state index contributed by atoms with van der Waals surface area (Å²) in [5.41, 5.74) is 2.55. The molecule has 0 saturated carbocycles. The second kappa shape index (κ2) is 8.48. The molecule has 1 aliphatic heterocycles. The molecule has 1 saturated heterocycles. The fourth-order valence-corrected chi connectivity index (χ4v) is 4.55. The van der Waals surface area contributed by atoms with Crippen molar-refractivity contribution in [1.29, 1.82) is 0 Å². The van der Waals surface area contributed by atoms with Crippen molar-refractivity contribution < 1.29 is 14.3 Å². The van der Waals surface area contributed by atoms with E-state index in [0.29, 0.717) is 30.0 Å². The number of nitrogens with one attached hydrogen (secondary N) is 1. The van der Waals surface area contributed by atoms with Crippen molar-refractivity contribution in [3.05, 3.63) is 22.5 Å². The number of hydrogen-bond donors (Lipinski definition) is 1. The van der Waals surface area contributed by atoms with Crippen molar-refractivity contribution in [3.8, 4) is 0 Å². The van der Waals surface area contributed by atoms with Gasteiger partial charge >= 0.3 is 0 Å². The van der Waals surface area contributed by atoms with Crippen LogP contribution >= 0.6 is 11.8 Å². The van der Waals surface area contributed by atoms with E-state index < -0.39 is 0 Å². The minimum atomic E-state index is -0.358. The lowest BCUT2D eigenvalue weighted by Gasteiger charge is -2.27. The van der Waals surface area contributed by atoms with Gasteiger partial charge in [-0.05, 0) is 40.2 Å². The highest BCUT2D eigenvalue weighted by molar-refractivity contribution is 8.00. The Bertz CT molecular complexity index is 883. The quantitative estimate of drug-likeness (QED) is 0.559. The van der Waals surface area contributed by atoms with E-state index >= 15 is 0 Å². The Morgan fingerprint density at radius 3 is 2.50 bits per heavy atom. The van der Waals surface area contributed by atoms with Crippen molar-refractivity contribution in [2.24, 2.45) is 0 Å². The highest BCUT2D eigenvalue weighted by Gasteiger charge is 2.27. The summed E-state index contributed by atoms with van der Waals surface area (Å²) < 4.78 is 7.44. The van der Waals surface area contributed by atoms with Crippen LogP contribution in [-0.2, 0) is 11.3 Å². The Morgan fingerprint density at radius 1 is 1.25 bits per heavy atom. The maximum atomic E-state index is 13.0. The van der Waals surface area contributed by atoms with Gasteiger partial charge in [-0.2, -0.15) is 0 Å². The van der Waals surface area contributed by atoms with Gasteiger partial charge in [0.15, 0.2) is 16.7 Å². The fourth-order valence-electron chi connectivity index (χ4n) is 3.58. The summed E-state index contributed by atoms with van der Waals surface area (Å²) in [5, 5.41) is 9.04. The fraction of sp³-hybridized carbons (Fsp3) is 0.579. The first-order valence-corrected chi connectivity index (χ1v) is 10.4. The number of Topliss-reactive ketones (excluding diaryl/α,β-unsaturated/α-hetero) is 2. The Balaban J connectivity index is 1.80. The van der Waals surface area contributed by atoms with E-state index in [4.69, 9.17) is 4.74 Å². The van der Waals surface area contributed by atoms with Crippen molar-refractivity contribution in [2.75, 3.05) is 31.2 Å². The van der Waals surface area contributed by atoms with Crippen LogP contribution in [0.2, 0.25) is 0 Å². The molecule has 0 radical (unpaired) electrons. The molecule has 8 nitrogen and oxygen atoms in total. The summed E-state index contributed by atoms with van der Waals surface area (Å²) >= 11 is 1.39. The van der Waals surface area contributed by atoms with Gasteiger partial charge in [-0.15, -0.1) is 10.2 Å². The van der Waals surface area contributed by atoms with E-state index in [0.717, 1.165) is 36.4 Å². The van der Waals surface area contributed by atoms with E-state index in [-0.39, 0.29) is 16.8 Å². The molecule has 0 aromatic carbocycles. The topological polar surface area (TPSA) is 93.1 Å². The number of aryl methyl sites for hydroxylation is 1. The third kappa shape index (κ3) is 3.86. The molecule has 0 amide bonds. The van der Waals surface area contributed by atoms with E-state index in [2.05, 4.69) is 20.1 Å². The maximum Gasteiger partial charge on any atom is 0.228 e. The first kappa shape index (κ1) is 20.6. The molecule has 1 atom stereocenters. The van der Waals surface area contributed by atoms with Crippen molar-refractivity contribution in [2.45, 2.75) is 51.6 Å². The number of ketones is 2. The van der Waals surface area contributed by atoms with Gasteiger partial charge in [-0.1, -0.05) is 11.8 Å². The Morgan fingerprint density at radius 2 is 1.93 bits per heavy atom. The lowest BCUT2D eigenvalue weighted by Crippen LogP contribution is -2.38. The van der Waals surface area contributed by atoms with E-state index in [1.807, 2.05) is 32.3 Å². The van der Waals surface area contributed by atoms with Crippen LogP contribution < -0.4 is 4.90 Å². The third-order valence-electron chi connectivity index (χ3n) is 4.99. The average Bonchev–Trinajstić information content (AvgIpc) is 3.21. The highest BCUT2D eigenvalue weighted by Crippen LogP contribution is 2.29. The third-order valence-corrected chi connectivity index (χ3v) is 6.08. The predicted octanol–water partition coefficient (Wildman–Crippen LogP) is 2.65. The van der Waals surface area contributed by atoms with Gasteiger partial charge in [0.25, 0.3) is 0 Å². The first-order valence-electron chi connectivity index (χ1n) is 9.52. The number of morpholine rings is 1. The van der Waals surface area contributed by atoms with Crippen LogP contribution in [-0.4, -0.2) is 62.9 Å². The zero-order valence-corrected chi connectivity index (χ0v) is 17.9. The summed E-state index contributed by atoms with van der Waals surface area (Å²) in [5.74, 6) is 0.738. The molecule has 3 heterocycles. The van der Waals surface area contributed by atoms with Gasteiger partial charge in [0.1, 0.15) is 0 Å². The standard InChI is InChI=1S/C19H27N5O3S/c1-6-24-18(23-7-9-27-10-8-23)21-22-19(24)28-14(5)17(26)16-11(2)15(13(4)25)12(3)20-16/h14,20H,6-10H2,1-5H3/t14-/m0/s1. The Labute approximate surface area is 169 Å². The molecular formula is C19H27N5O3S. The highest BCUT2D eigenvalue weighted by atomic mass is 32.2. The van der Waals surface area contributed by atoms with Crippen LogP contribution in [0.3, 0.4) is 0 Å². The van der Waals surface area contributed by atoms with Crippen LogP contribution in [0, 0.1) is 13.8 Å². The number of anilines is 1. The SMILES string of the molecule is CCn1c(S[C@@H](C)C(=O)c2[nH]c(C)c(C(C)=O)c2C)nnc1N1CCOCC1. The lowest BCUT2D eigenvalue weighted by atomic mass is 10.0. The lowest BCUT2D eigenvalue weighted by molar-refractivity contribution is 0.0988. The molecule has 152 valence electrons. The van der Waals surface area contributed by atoms with Gasteiger partial charge in [0, 0.05) is 30.9 Å². The summed E-state index contributed by atoms with van der Waals surface area (Å²) in [6, 6.07) is 0. The summed E-state index contributed by atoms with van der Waals surface area (Å²) in [7, 11) is 0. The number of H-pyrrole nitrogens is 1. The van der Waals surface area contributed by atoms with E-state index in [9.17, 15) is 9.59 Å². The van der Waals surface area contributed by atoms with Crippen LogP contribution in [0.4, 0.5) is 5.95 Å². The summed E-state index contributed by atoms with van der Waals surface area (Å²) in [4.78, 5) is 30.1. The molecule has 1 aliphatic rings. The van der Waals surface area contributed by atoms with Crippen molar-refractivity contribution in [3.63, 3.8) is 0 Å². The number of aromatic amines is 1. The molecule has 9 heteroatoms. The molecule has 2 aromatic rings. The van der Waals surface area contributed by atoms with Gasteiger partial charge in [0.2, 0.25) is 5.95 Å². The monoisotopic (exact) mass is 405 g/mol. The Hall–Kier alpha value is -2.13. The van der Waals surface area contributed by atoms with E-state index in [1.54, 1.807) is 0 Å². The molecule has 2 aromatic heterocycles. The number of thioether (sulfide) groups is 1. The second-order valence-electron chi connectivity index (χ2n) is 6.93. The number of ether oxygens (including phenoxy) is 1. The van der Waals surface area contributed by atoms with Crippen molar-refractivity contribution >= 4 is 29.3 Å². The van der Waals surface area contributed by atoms with E-state index in [1.165, 1.54) is 18.7 Å². The van der Waals surface area contributed by atoms with Crippen LogP contribution in [0.5, 0.6) is 0 Å². The molecule has 28 heavy (non-hydrogen) atoms. The molecule has 0 unspecified atom stereocenters. The Kier molecular flexibility index (Phi) is 6.24. The largest absolute Gasteiger partial charge is 0.378 e. The van der Waals surface area contributed by atoms with Crippen LogP contribution in [0.25, 0.3) is 0 Å². The molecule has 1 N–H and O–H groups in total. The molecular weight excluding hydrogens is 378 g/mol. The number of rotatable bonds is 7. The molecule has 3 rings (SSSR count). The summed E-state index contributed by atoms with van der Waals surface area (Å²) in [6.07, 6.45) is 0. The van der Waals surface area contributed by atoms with Gasteiger partial charge in [-0.3, -0.25) is 14.2 Å². The molecule has 0 spiro atoms. The van der Waals surface area contributed by atoms with Gasteiger partial charge in [0.05, 0.1) is 24.2 Å². The number of aromatic nitrogens is 4. The minimum absolute atomic E-state index is 0.0357. The number of nitrogens with zero attached hydrogens (tertiary/aromatic N) is 4. The molecule has 0 bridgehead atoms. The van der Waals surface area contributed by atoms with Gasteiger partial charge < -0.3 is 14.6 Å². The minimum Gasteiger partial charge on any atom is -0.378 e. The number of carbonyl (C=O) groups is 2. The van der Waals surface area contributed by atoms with Crippen LogP contribution in [0.15, 0.2) is 5.16 Å². The van der Waals surface area contributed by atoms with Crippen LogP contribution in [0.1, 0.15) is 52.9 Å². The first-order chi connectivity index (χ1) is 13.3. The van der Waals surface area contributed by atoms with Crippen molar-refractivity contribution in [1.82, 2.24) is 19.7 Å². The second-order valence-corrected chi connectivity index (χ2v) is 8.24. The zero-order valence-electron chi connectivity index (χ0n) is 17.0. The maximum absolute atomic E-state index is 13.0. The molecule has 0 aliphatic carbocycles. The number of carbonyl (C=O) groups excluding carboxylic acids is 2. The van der Waals surface area contributed by atoms with Gasteiger partial charge in [-0.25, -0.2) is 0 Å². The molecule has 1 fully saturated rings. The predicted molar refractivity (Wildman–Crippen MR) is 109 cm³/mol. The summed E-state index contributed by atoms with van der Waals surface area (Å²) in [6.45, 7) is 12.7. The smallest absolute Gasteiger partial charge is 0.228 e. The number of hydrogen-bond acceptors (Lipinski definition) is 7.